The number of carbonyl (C=O) groups excluding carboxylic acids is 1. The zero-order valence-corrected chi connectivity index (χ0v) is 16.1. The predicted octanol–water partition coefficient (Wildman–Crippen LogP) is 2.13. The van der Waals surface area contributed by atoms with Crippen molar-refractivity contribution in [3.05, 3.63) is 66.6 Å². The summed E-state index contributed by atoms with van der Waals surface area (Å²) in [6.45, 7) is 1.13. The summed E-state index contributed by atoms with van der Waals surface area (Å²) in [6.07, 6.45) is 8.72. The Balaban J connectivity index is 1.37. The monoisotopic (exact) mass is 393 g/mol. The number of imidazole rings is 2. The van der Waals surface area contributed by atoms with Crippen LogP contribution in [0.3, 0.4) is 0 Å². The van der Waals surface area contributed by atoms with Gasteiger partial charge in [0.1, 0.15) is 5.52 Å². The molecule has 0 atom stereocenters. The molecule has 0 aliphatic heterocycles. The number of pyridine rings is 2. The number of nitrogens with zero attached hydrogens (tertiary/aromatic N) is 6. The molecule has 9 heteroatoms. The standard InChI is InChI=1S/C19H19N7OS/c1-25-8-6-22-19(25)28-9-7-21-18(27)14-10-16-17(23-11-14)26(13-24-16)12-15-4-2-3-5-20-15/h2-6,8,10-11,13H,7,9,12H2,1H3,(H,21,27). The topological polar surface area (TPSA) is 90.5 Å². The molecule has 4 aromatic rings. The molecule has 4 aromatic heterocycles. The lowest BCUT2D eigenvalue weighted by Gasteiger charge is -2.06. The summed E-state index contributed by atoms with van der Waals surface area (Å²) < 4.78 is 3.87. The van der Waals surface area contributed by atoms with E-state index in [9.17, 15) is 4.79 Å². The van der Waals surface area contributed by atoms with Gasteiger partial charge < -0.3 is 14.5 Å². The van der Waals surface area contributed by atoms with E-state index < -0.39 is 0 Å². The molecule has 0 fully saturated rings. The van der Waals surface area contributed by atoms with Gasteiger partial charge in [-0.15, -0.1) is 0 Å². The van der Waals surface area contributed by atoms with Gasteiger partial charge in [0.2, 0.25) is 0 Å². The molecule has 0 aromatic carbocycles. The van der Waals surface area contributed by atoms with Crippen molar-refractivity contribution in [2.45, 2.75) is 11.7 Å². The van der Waals surface area contributed by atoms with Crippen LogP contribution in [0.2, 0.25) is 0 Å². The summed E-state index contributed by atoms with van der Waals surface area (Å²) in [4.78, 5) is 29.8. The highest BCUT2D eigenvalue weighted by Gasteiger charge is 2.11. The first-order valence-electron chi connectivity index (χ1n) is 8.80. The van der Waals surface area contributed by atoms with Crippen LogP contribution < -0.4 is 5.32 Å². The fourth-order valence-electron chi connectivity index (χ4n) is 2.75. The third kappa shape index (κ3) is 4.04. The molecule has 142 valence electrons. The number of amides is 1. The second kappa shape index (κ2) is 8.22. The Bertz CT molecular complexity index is 1090. The molecule has 0 radical (unpaired) electrons. The number of hydrogen-bond donors (Lipinski definition) is 1. The van der Waals surface area contributed by atoms with Crippen LogP contribution in [0.15, 0.2) is 60.5 Å². The first-order chi connectivity index (χ1) is 13.7. The van der Waals surface area contributed by atoms with E-state index in [1.165, 1.54) is 0 Å². The smallest absolute Gasteiger partial charge is 0.252 e. The summed E-state index contributed by atoms with van der Waals surface area (Å²) in [5.41, 5.74) is 2.84. The molecule has 0 bridgehead atoms. The number of aromatic nitrogens is 6. The minimum absolute atomic E-state index is 0.158. The second-order valence-corrected chi connectivity index (χ2v) is 7.25. The van der Waals surface area contributed by atoms with Crippen molar-refractivity contribution in [3.8, 4) is 0 Å². The Morgan fingerprint density at radius 3 is 2.89 bits per heavy atom. The van der Waals surface area contributed by atoms with Gasteiger partial charge in [-0.3, -0.25) is 9.78 Å². The van der Waals surface area contributed by atoms with Crippen molar-refractivity contribution in [2.24, 2.45) is 7.05 Å². The number of fused-ring (bicyclic) bond motifs is 1. The van der Waals surface area contributed by atoms with Crippen molar-refractivity contribution in [1.82, 2.24) is 34.4 Å². The third-order valence-electron chi connectivity index (χ3n) is 4.17. The molecule has 0 spiro atoms. The molecular formula is C19H19N7OS. The van der Waals surface area contributed by atoms with E-state index in [2.05, 4.69) is 25.3 Å². The molecule has 0 unspecified atom stereocenters. The molecule has 0 saturated heterocycles. The zero-order valence-electron chi connectivity index (χ0n) is 15.3. The summed E-state index contributed by atoms with van der Waals surface area (Å²) >= 11 is 1.60. The third-order valence-corrected chi connectivity index (χ3v) is 5.23. The second-order valence-electron chi connectivity index (χ2n) is 6.19. The molecule has 28 heavy (non-hydrogen) atoms. The highest BCUT2D eigenvalue weighted by atomic mass is 32.2. The lowest BCUT2D eigenvalue weighted by atomic mass is 10.2. The Kier molecular flexibility index (Phi) is 5.34. The van der Waals surface area contributed by atoms with Crippen molar-refractivity contribution in [2.75, 3.05) is 12.3 Å². The average molecular weight is 393 g/mol. The largest absolute Gasteiger partial charge is 0.351 e. The number of aryl methyl sites for hydroxylation is 1. The number of nitrogens with one attached hydrogen (secondary N) is 1. The maximum absolute atomic E-state index is 12.4. The van der Waals surface area contributed by atoms with E-state index in [4.69, 9.17) is 0 Å². The number of hydrogen-bond acceptors (Lipinski definition) is 6. The van der Waals surface area contributed by atoms with E-state index >= 15 is 0 Å². The van der Waals surface area contributed by atoms with E-state index in [0.29, 0.717) is 24.2 Å². The highest BCUT2D eigenvalue weighted by Crippen LogP contribution is 2.15. The van der Waals surface area contributed by atoms with Crippen LogP contribution in [0.1, 0.15) is 16.1 Å². The zero-order chi connectivity index (χ0) is 19.3. The molecule has 0 aliphatic rings. The molecule has 4 heterocycles. The van der Waals surface area contributed by atoms with Crippen LogP contribution in [0.25, 0.3) is 11.2 Å². The number of thioether (sulfide) groups is 1. The normalized spacial score (nSPS) is 11.0. The number of rotatable bonds is 7. The van der Waals surface area contributed by atoms with Crippen molar-refractivity contribution >= 4 is 28.8 Å². The van der Waals surface area contributed by atoms with Crippen LogP contribution in [-0.4, -0.2) is 47.3 Å². The Labute approximate surface area is 166 Å². The lowest BCUT2D eigenvalue weighted by Crippen LogP contribution is -2.26. The number of carbonyl (C=O) groups is 1. The minimum atomic E-state index is -0.158. The van der Waals surface area contributed by atoms with Crippen LogP contribution >= 0.6 is 11.8 Å². The van der Waals surface area contributed by atoms with Gasteiger partial charge in [0, 0.05) is 44.1 Å². The van der Waals surface area contributed by atoms with Crippen LogP contribution in [0.4, 0.5) is 0 Å². The Hall–Kier alpha value is -3.20. The van der Waals surface area contributed by atoms with Gasteiger partial charge in [-0.25, -0.2) is 15.0 Å². The van der Waals surface area contributed by atoms with Gasteiger partial charge in [0.25, 0.3) is 5.91 Å². The molecule has 1 amide bonds. The van der Waals surface area contributed by atoms with Crippen molar-refractivity contribution in [1.29, 1.82) is 0 Å². The maximum atomic E-state index is 12.4. The summed E-state index contributed by atoms with van der Waals surface area (Å²) in [5, 5.41) is 3.84. The Morgan fingerprint density at radius 2 is 2.11 bits per heavy atom. The van der Waals surface area contributed by atoms with Crippen LogP contribution in [-0.2, 0) is 13.6 Å². The first-order valence-corrected chi connectivity index (χ1v) is 9.78. The summed E-state index contributed by atoms with van der Waals surface area (Å²) in [6, 6.07) is 7.55. The molecule has 1 N–H and O–H groups in total. The van der Waals surface area contributed by atoms with Gasteiger partial charge in [-0.1, -0.05) is 17.8 Å². The highest BCUT2D eigenvalue weighted by molar-refractivity contribution is 7.99. The van der Waals surface area contributed by atoms with Gasteiger partial charge in [0.05, 0.1) is 24.1 Å². The van der Waals surface area contributed by atoms with E-state index in [0.717, 1.165) is 22.3 Å². The van der Waals surface area contributed by atoms with Gasteiger partial charge in [-0.05, 0) is 18.2 Å². The van der Waals surface area contributed by atoms with E-state index in [1.807, 2.05) is 40.6 Å². The summed E-state index contributed by atoms with van der Waals surface area (Å²) in [7, 11) is 1.95. The van der Waals surface area contributed by atoms with Crippen molar-refractivity contribution < 1.29 is 4.79 Å². The first kappa shape index (κ1) is 18.2. The Morgan fingerprint density at radius 1 is 1.18 bits per heavy atom. The van der Waals surface area contributed by atoms with Gasteiger partial charge in [0.15, 0.2) is 10.8 Å². The summed E-state index contributed by atoms with van der Waals surface area (Å²) in [5.74, 6) is 0.583. The van der Waals surface area contributed by atoms with Gasteiger partial charge >= 0.3 is 0 Å². The van der Waals surface area contributed by atoms with Crippen LogP contribution in [0, 0.1) is 0 Å². The van der Waals surface area contributed by atoms with E-state index in [1.54, 1.807) is 42.7 Å². The SMILES string of the molecule is Cn1ccnc1SCCNC(=O)c1cnc2c(c1)ncn2Cc1ccccn1. The molecule has 0 saturated carbocycles. The molecule has 4 rings (SSSR count). The molecule has 8 nitrogen and oxygen atoms in total. The van der Waals surface area contributed by atoms with Crippen molar-refractivity contribution in [3.63, 3.8) is 0 Å². The predicted molar refractivity (Wildman–Crippen MR) is 107 cm³/mol. The molecule has 0 aliphatic carbocycles. The van der Waals surface area contributed by atoms with Crippen LogP contribution in [0.5, 0.6) is 0 Å². The average Bonchev–Trinajstić information content (AvgIpc) is 3.31. The molecular weight excluding hydrogens is 374 g/mol. The maximum Gasteiger partial charge on any atom is 0.252 e. The lowest BCUT2D eigenvalue weighted by molar-refractivity contribution is 0.0956. The van der Waals surface area contributed by atoms with Gasteiger partial charge in [-0.2, -0.15) is 0 Å². The van der Waals surface area contributed by atoms with E-state index in [-0.39, 0.29) is 5.91 Å². The quantitative estimate of drug-likeness (QED) is 0.382. The minimum Gasteiger partial charge on any atom is -0.351 e. The fraction of sp³-hybridized carbons (Fsp3) is 0.211. The fourth-order valence-corrected chi connectivity index (χ4v) is 3.54.